The summed E-state index contributed by atoms with van der Waals surface area (Å²) in [4.78, 5) is 4.60. The highest BCUT2D eigenvalue weighted by Crippen LogP contribution is 2.29. The van der Waals surface area contributed by atoms with Crippen molar-refractivity contribution < 1.29 is 9.47 Å². The van der Waals surface area contributed by atoms with Gasteiger partial charge in [-0.25, -0.2) is 4.98 Å². The lowest BCUT2D eigenvalue weighted by Crippen LogP contribution is -1.93. The van der Waals surface area contributed by atoms with Gasteiger partial charge in [-0.3, -0.25) is 0 Å². The number of rotatable bonds is 4. The van der Waals surface area contributed by atoms with E-state index in [2.05, 4.69) is 4.98 Å². The maximum atomic E-state index is 5.96. The van der Waals surface area contributed by atoms with Crippen LogP contribution in [0.5, 0.6) is 23.1 Å². The van der Waals surface area contributed by atoms with Crippen molar-refractivity contribution in [2.24, 2.45) is 0 Å². The standard InChI is InChI=1S/C23H21N3O2/c1-14-11-17(6-8-20(14)24)27-19-5-3-16-4-10-23(26-22(16)13-19)28-18-7-9-21(25)15(2)12-18/h3-13H,24-25H2,1-2H3. The number of nitrogen functional groups attached to an aromatic ring is 2. The monoisotopic (exact) mass is 371 g/mol. The Labute approximate surface area is 163 Å². The van der Waals surface area contributed by atoms with Crippen molar-refractivity contribution in [2.45, 2.75) is 13.8 Å². The molecule has 0 radical (unpaired) electrons. The molecule has 140 valence electrons. The summed E-state index contributed by atoms with van der Waals surface area (Å²) < 4.78 is 11.8. The number of benzene rings is 3. The zero-order valence-corrected chi connectivity index (χ0v) is 15.8. The van der Waals surface area contributed by atoms with Crippen molar-refractivity contribution in [1.82, 2.24) is 4.98 Å². The van der Waals surface area contributed by atoms with E-state index >= 15 is 0 Å². The van der Waals surface area contributed by atoms with Crippen LogP contribution in [0.3, 0.4) is 0 Å². The first kappa shape index (κ1) is 17.7. The highest BCUT2D eigenvalue weighted by atomic mass is 16.5. The normalized spacial score (nSPS) is 10.8. The van der Waals surface area contributed by atoms with Gasteiger partial charge in [0.05, 0.1) is 5.52 Å². The first-order valence-electron chi connectivity index (χ1n) is 8.97. The fourth-order valence-electron chi connectivity index (χ4n) is 2.88. The Kier molecular flexibility index (Phi) is 4.49. The van der Waals surface area contributed by atoms with Crippen LogP contribution in [0.2, 0.25) is 0 Å². The number of aryl methyl sites for hydroxylation is 2. The number of hydrogen-bond acceptors (Lipinski definition) is 5. The van der Waals surface area contributed by atoms with Crippen molar-refractivity contribution >= 4 is 22.3 Å². The zero-order chi connectivity index (χ0) is 19.7. The molecule has 4 N–H and O–H groups in total. The second-order valence-electron chi connectivity index (χ2n) is 6.74. The average Bonchev–Trinajstić information content (AvgIpc) is 2.67. The fourth-order valence-corrected chi connectivity index (χ4v) is 2.88. The summed E-state index contributed by atoms with van der Waals surface area (Å²) in [5.41, 5.74) is 15.9. The molecule has 0 spiro atoms. The smallest absolute Gasteiger partial charge is 0.219 e. The Bertz CT molecular complexity index is 1080. The van der Waals surface area contributed by atoms with E-state index < -0.39 is 0 Å². The van der Waals surface area contributed by atoms with E-state index in [0.717, 1.165) is 39.2 Å². The van der Waals surface area contributed by atoms with Crippen molar-refractivity contribution in [2.75, 3.05) is 11.5 Å². The van der Waals surface area contributed by atoms with Crippen LogP contribution in [-0.4, -0.2) is 4.98 Å². The maximum absolute atomic E-state index is 5.96. The van der Waals surface area contributed by atoms with Gasteiger partial charge in [0.25, 0.3) is 0 Å². The van der Waals surface area contributed by atoms with Crippen LogP contribution in [0.15, 0.2) is 66.7 Å². The van der Waals surface area contributed by atoms with Crippen LogP contribution in [-0.2, 0) is 0 Å². The lowest BCUT2D eigenvalue weighted by atomic mass is 10.2. The predicted octanol–water partition coefficient (Wildman–Crippen LogP) is 5.60. The molecule has 3 aromatic carbocycles. The summed E-state index contributed by atoms with van der Waals surface area (Å²) in [6, 6.07) is 20.7. The lowest BCUT2D eigenvalue weighted by Gasteiger charge is -2.10. The number of pyridine rings is 1. The van der Waals surface area contributed by atoms with E-state index in [1.807, 2.05) is 80.6 Å². The topological polar surface area (TPSA) is 83.4 Å². The molecule has 0 bridgehead atoms. The summed E-state index contributed by atoms with van der Waals surface area (Å²) in [5, 5.41) is 1.00. The highest BCUT2D eigenvalue weighted by Gasteiger charge is 2.06. The summed E-state index contributed by atoms with van der Waals surface area (Å²) in [6.07, 6.45) is 0. The molecule has 0 aliphatic heterocycles. The molecule has 1 aromatic heterocycles. The Balaban J connectivity index is 1.60. The van der Waals surface area contributed by atoms with Gasteiger partial charge in [0, 0.05) is 28.9 Å². The van der Waals surface area contributed by atoms with E-state index in [1.165, 1.54) is 0 Å². The number of fused-ring (bicyclic) bond motifs is 1. The van der Waals surface area contributed by atoms with Gasteiger partial charge in [-0.05, 0) is 79.6 Å². The predicted molar refractivity (Wildman–Crippen MR) is 113 cm³/mol. The molecule has 0 unspecified atom stereocenters. The largest absolute Gasteiger partial charge is 0.457 e. The van der Waals surface area contributed by atoms with Gasteiger partial charge in [-0.1, -0.05) is 0 Å². The van der Waals surface area contributed by atoms with Crippen molar-refractivity contribution in [3.8, 4) is 23.1 Å². The van der Waals surface area contributed by atoms with Gasteiger partial charge in [0.2, 0.25) is 5.88 Å². The molecular formula is C23H21N3O2. The molecule has 1 heterocycles. The first-order valence-corrected chi connectivity index (χ1v) is 8.97. The molecule has 28 heavy (non-hydrogen) atoms. The summed E-state index contributed by atoms with van der Waals surface area (Å²) in [5.74, 6) is 2.64. The molecule has 4 aromatic rings. The molecule has 4 rings (SSSR count). The van der Waals surface area contributed by atoms with Gasteiger partial charge >= 0.3 is 0 Å². The molecule has 0 aliphatic carbocycles. The van der Waals surface area contributed by atoms with Crippen LogP contribution in [0.4, 0.5) is 11.4 Å². The number of ether oxygens (including phenoxy) is 2. The Morgan fingerprint density at radius 1 is 0.643 bits per heavy atom. The quantitative estimate of drug-likeness (QED) is 0.456. The molecule has 0 saturated carbocycles. The van der Waals surface area contributed by atoms with Crippen LogP contribution in [0, 0.1) is 13.8 Å². The molecule has 0 atom stereocenters. The van der Waals surface area contributed by atoms with Crippen molar-refractivity contribution in [3.63, 3.8) is 0 Å². The third-order valence-corrected chi connectivity index (χ3v) is 4.58. The minimum Gasteiger partial charge on any atom is -0.457 e. The Morgan fingerprint density at radius 3 is 1.82 bits per heavy atom. The van der Waals surface area contributed by atoms with E-state index in [9.17, 15) is 0 Å². The molecular weight excluding hydrogens is 350 g/mol. The van der Waals surface area contributed by atoms with Gasteiger partial charge in [-0.15, -0.1) is 0 Å². The Hall–Kier alpha value is -3.73. The molecule has 5 heteroatoms. The van der Waals surface area contributed by atoms with Crippen LogP contribution >= 0.6 is 0 Å². The van der Waals surface area contributed by atoms with Crippen molar-refractivity contribution in [3.05, 3.63) is 77.9 Å². The average molecular weight is 371 g/mol. The first-order chi connectivity index (χ1) is 13.5. The molecule has 0 fully saturated rings. The van der Waals surface area contributed by atoms with Crippen LogP contribution < -0.4 is 20.9 Å². The van der Waals surface area contributed by atoms with Crippen LogP contribution in [0.25, 0.3) is 10.9 Å². The third kappa shape index (κ3) is 3.69. The summed E-state index contributed by atoms with van der Waals surface area (Å²) in [6.45, 7) is 3.89. The van der Waals surface area contributed by atoms with Gasteiger partial charge in [0.15, 0.2) is 0 Å². The van der Waals surface area contributed by atoms with E-state index in [4.69, 9.17) is 20.9 Å². The molecule has 0 saturated heterocycles. The van der Waals surface area contributed by atoms with E-state index in [-0.39, 0.29) is 0 Å². The number of nitrogens with zero attached hydrogens (tertiary/aromatic N) is 1. The SMILES string of the molecule is Cc1cc(Oc2ccc3ccc(Oc4ccc(N)c(C)c4)nc3c2)ccc1N. The molecule has 0 amide bonds. The number of hydrogen-bond donors (Lipinski definition) is 2. The van der Waals surface area contributed by atoms with Gasteiger partial charge < -0.3 is 20.9 Å². The maximum Gasteiger partial charge on any atom is 0.219 e. The lowest BCUT2D eigenvalue weighted by molar-refractivity contribution is 0.464. The second kappa shape index (κ2) is 7.12. The second-order valence-corrected chi connectivity index (χ2v) is 6.74. The summed E-state index contributed by atoms with van der Waals surface area (Å²) in [7, 11) is 0. The fraction of sp³-hybridized carbons (Fsp3) is 0.0870. The highest BCUT2D eigenvalue weighted by molar-refractivity contribution is 5.80. The van der Waals surface area contributed by atoms with Crippen LogP contribution in [0.1, 0.15) is 11.1 Å². The van der Waals surface area contributed by atoms with E-state index in [1.54, 1.807) is 0 Å². The van der Waals surface area contributed by atoms with Gasteiger partial charge in [-0.2, -0.15) is 0 Å². The van der Waals surface area contributed by atoms with Gasteiger partial charge in [0.1, 0.15) is 17.2 Å². The molecule has 0 aliphatic rings. The minimum atomic E-state index is 0.511. The van der Waals surface area contributed by atoms with Crippen molar-refractivity contribution in [1.29, 1.82) is 0 Å². The van der Waals surface area contributed by atoms with E-state index in [0.29, 0.717) is 17.4 Å². The Morgan fingerprint density at radius 2 is 1.18 bits per heavy atom. The number of aromatic nitrogens is 1. The third-order valence-electron chi connectivity index (χ3n) is 4.58. The summed E-state index contributed by atoms with van der Waals surface area (Å²) >= 11 is 0. The zero-order valence-electron chi connectivity index (χ0n) is 15.8. The molecule has 5 nitrogen and oxygen atoms in total. The minimum absolute atomic E-state index is 0.511. The number of nitrogens with two attached hydrogens (primary N) is 2. The number of anilines is 2.